The van der Waals surface area contributed by atoms with Crippen molar-refractivity contribution in [1.82, 2.24) is 9.97 Å². The average molecular weight is 304 g/mol. The number of hydrogen-bond donors (Lipinski definition) is 1. The van der Waals surface area contributed by atoms with Crippen molar-refractivity contribution >= 4 is 17.4 Å². The fourth-order valence-corrected chi connectivity index (χ4v) is 3.18. The number of carbonyl (C=O) groups is 1. The predicted octanol–water partition coefficient (Wildman–Crippen LogP) is 2.22. The van der Waals surface area contributed by atoms with Crippen molar-refractivity contribution < 1.29 is 9.53 Å². The van der Waals surface area contributed by atoms with E-state index >= 15 is 0 Å². The van der Waals surface area contributed by atoms with E-state index < -0.39 is 0 Å². The standard InChI is InChI=1S/C16H24N4O2/c21-15(6-5-13-4-3-9-22-11-13)19-14-10-17-12-18-16(14)20-7-1-2-8-20/h10,12-13H,1-9,11H2,(H,19,21). The molecule has 2 saturated heterocycles. The van der Waals surface area contributed by atoms with Gasteiger partial charge in [-0.05, 0) is 38.0 Å². The minimum Gasteiger partial charge on any atom is -0.381 e. The molecule has 2 fully saturated rings. The Morgan fingerprint density at radius 3 is 3.00 bits per heavy atom. The van der Waals surface area contributed by atoms with E-state index in [2.05, 4.69) is 20.2 Å². The Morgan fingerprint density at radius 2 is 2.23 bits per heavy atom. The summed E-state index contributed by atoms with van der Waals surface area (Å²) in [5.41, 5.74) is 0.731. The van der Waals surface area contributed by atoms with E-state index in [4.69, 9.17) is 4.74 Å². The van der Waals surface area contributed by atoms with E-state index in [-0.39, 0.29) is 5.91 Å². The van der Waals surface area contributed by atoms with Crippen molar-refractivity contribution in [3.05, 3.63) is 12.5 Å². The molecule has 3 heterocycles. The minimum absolute atomic E-state index is 0.0424. The fraction of sp³-hybridized carbons (Fsp3) is 0.688. The number of nitrogens with zero attached hydrogens (tertiary/aromatic N) is 3. The van der Waals surface area contributed by atoms with Crippen molar-refractivity contribution in [1.29, 1.82) is 0 Å². The van der Waals surface area contributed by atoms with E-state index in [1.54, 1.807) is 12.5 Å². The average Bonchev–Trinajstić information content (AvgIpc) is 3.09. The third-order valence-corrected chi connectivity index (χ3v) is 4.41. The Labute approximate surface area is 131 Å². The lowest BCUT2D eigenvalue weighted by Gasteiger charge is -2.22. The molecule has 1 amide bonds. The molecule has 0 radical (unpaired) electrons. The Hall–Kier alpha value is -1.69. The molecule has 6 heteroatoms. The SMILES string of the molecule is O=C(CCC1CCCOC1)Nc1cncnc1N1CCCC1. The first-order valence-electron chi connectivity index (χ1n) is 8.25. The molecular weight excluding hydrogens is 280 g/mol. The number of rotatable bonds is 5. The van der Waals surface area contributed by atoms with Crippen LogP contribution in [-0.4, -0.2) is 42.2 Å². The van der Waals surface area contributed by atoms with Gasteiger partial charge in [-0.15, -0.1) is 0 Å². The summed E-state index contributed by atoms with van der Waals surface area (Å²) < 4.78 is 5.46. The molecule has 0 aliphatic carbocycles. The molecule has 0 spiro atoms. The van der Waals surface area contributed by atoms with Crippen LogP contribution in [0.4, 0.5) is 11.5 Å². The molecule has 6 nitrogen and oxygen atoms in total. The maximum absolute atomic E-state index is 12.2. The second-order valence-corrected chi connectivity index (χ2v) is 6.12. The summed E-state index contributed by atoms with van der Waals surface area (Å²) in [6.07, 6.45) is 9.29. The highest BCUT2D eigenvalue weighted by Crippen LogP contribution is 2.26. The molecule has 1 aromatic rings. The van der Waals surface area contributed by atoms with Crippen molar-refractivity contribution in [2.24, 2.45) is 5.92 Å². The van der Waals surface area contributed by atoms with Crippen molar-refractivity contribution in [3.8, 4) is 0 Å². The highest BCUT2D eigenvalue weighted by Gasteiger charge is 2.19. The third-order valence-electron chi connectivity index (χ3n) is 4.41. The number of hydrogen-bond acceptors (Lipinski definition) is 5. The lowest BCUT2D eigenvalue weighted by atomic mass is 9.97. The van der Waals surface area contributed by atoms with E-state index in [1.165, 1.54) is 19.3 Å². The molecule has 1 atom stereocenters. The zero-order valence-corrected chi connectivity index (χ0v) is 13.0. The van der Waals surface area contributed by atoms with Crippen LogP contribution in [0.2, 0.25) is 0 Å². The first-order valence-corrected chi connectivity index (χ1v) is 8.25. The van der Waals surface area contributed by atoms with Gasteiger partial charge in [0.2, 0.25) is 5.91 Å². The van der Waals surface area contributed by atoms with Crippen LogP contribution in [0.5, 0.6) is 0 Å². The van der Waals surface area contributed by atoms with E-state index in [0.717, 1.165) is 50.7 Å². The van der Waals surface area contributed by atoms with Crippen LogP contribution >= 0.6 is 0 Å². The van der Waals surface area contributed by atoms with E-state index in [9.17, 15) is 4.79 Å². The number of aromatic nitrogens is 2. The van der Waals surface area contributed by atoms with Crippen molar-refractivity contribution in [2.45, 2.75) is 38.5 Å². The molecule has 2 aliphatic rings. The molecule has 1 aromatic heterocycles. The van der Waals surface area contributed by atoms with Crippen LogP contribution in [0.1, 0.15) is 38.5 Å². The molecule has 0 bridgehead atoms. The Balaban J connectivity index is 1.54. The summed E-state index contributed by atoms with van der Waals surface area (Å²) in [6.45, 7) is 3.66. The summed E-state index contributed by atoms with van der Waals surface area (Å²) in [4.78, 5) is 22.8. The zero-order valence-electron chi connectivity index (χ0n) is 13.0. The molecular formula is C16H24N4O2. The largest absolute Gasteiger partial charge is 0.381 e. The predicted molar refractivity (Wildman–Crippen MR) is 84.9 cm³/mol. The van der Waals surface area contributed by atoms with Gasteiger partial charge in [-0.25, -0.2) is 9.97 Å². The van der Waals surface area contributed by atoms with Crippen LogP contribution in [0.3, 0.4) is 0 Å². The second kappa shape index (κ2) is 7.54. The smallest absolute Gasteiger partial charge is 0.224 e. The van der Waals surface area contributed by atoms with Gasteiger partial charge in [-0.1, -0.05) is 0 Å². The quantitative estimate of drug-likeness (QED) is 0.903. The molecule has 2 aliphatic heterocycles. The molecule has 0 aromatic carbocycles. The van der Waals surface area contributed by atoms with Gasteiger partial charge in [0.15, 0.2) is 5.82 Å². The summed E-state index contributed by atoms with van der Waals surface area (Å²) in [6, 6.07) is 0. The van der Waals surface area contributed by atoms with Gasteiger partial charge in [0, 0.05) is 32.7 Å². The van der Waals surface area contributed by atoms with Crippen LogP contribution in [0.15, 0.2) is 12.5 Å². The van der Waals surface area contributed by atoms with Gasteiger partial charge in [0.05, 0.1) is 6.20 Å². The van der Waals surface area contributed by atoms with Crippen LogP contribution < -0.4 is 10.2 Å². The van der Waals surface area contributed by atoms with Crippen LogP contribution in [0, 0.1) is 5.92 Å². The maximum atomic E-state index is 12.2. The highest BCUT2D eigenvalue weighted by molar-refractivity contribution is 5.93. The van der Waals surface area contributed by atoms with Crippen molar-refractivity contribution in [2.75, 3.05) is 36.5 Å². The van der Waals surface area contributed by atoms with Gasteiger partial charge in [-0.2, -0.15) is 0 Å². The van der Waals surface area contributed by atoms with Gasteiger partial charge in [0.25, 0.3) is 0 Å². The first-order chi connectivity index (χ1) is 10.8. The van der Waals surface area contributed by atoms with Gasteiger partial charge >= 0.3 is 0 Å². The van der Waals surface area contributed by atoms with E-state index in [1.807, 2.05) is 0 Å². The number of carbonyl (C=O) groups excluding carboxylic acids is 1. The van der Waals surface area contributed by atoms with Gasteiger partial charge in [0.1, 0.15) is 12.0 Å². The lowest BCUT2D eigenvalue weighted by molar-refractivity contribution is -0.116. The summed E-state index contributed by atoms with van der Waals surface area (Å²) in [7, 11) is 0. The fourth-order valence-electron chi connectivity index (χ4n) is 3.18. The molecule has 120 valence electrons. The first kappa shape index (κ1) is 15.2. The summed E-state index contributed by atoms with van der Waals surface area (Å²) in [5, 5.41) is 2.98. The molecule has 1 N–H and O–H groups in total. The molecule has 22 heavy (non-hydrogen) atoms. The third kappa shape index (κ3) is 3.94. The van der Waals surface area contributed by atoms with Crippen LogP contribution in [0.25, 0.3) is 0 Å². The molecule has 1 unspecified atom stereocenters. The maximum Gasteiger partial charge on any atom is 0.224 e. The summed E-state index contributed by atoms with van der Waals surface area (Å²) >= 11 is 0. The second-order valence-electron chi connectivity index (χ2n) is 6.12. The Morgan fingerprint density at radius 1 is 1.36 bits per heavy atom. The highest BCUT2D eigenvalue weighted by atomic mass is 16.5. The van der Waals surface area contributed by atoms with Gasteiger partial charge < -0.3 is 15.0 Å². The zero-order chi connectivity index (χ0) is 15.2. The number of nitrogens with one attached hydrogen (secondary N) is 1. The van der Waals surface area contributed by atoms with Crippen molar-refractivity contribution in [3.63, 3.8) is 0 Å². The minimum atomic E-state index is 0.0424. The number of anilines is 2. The number of ether oxygens (including phenoxy) is 1. The molecule has 3 rings (SSSR count). The Kier molecular flexibility index (Phi) is 5.21. The Bertz CT molecular complexity index is 497. The van der Waals surface area contributed by atoms with Crippen LogP contribution in [-0.2, 0) is 9.53 Å². The van der Waals surface area contributed by atoms with E-state index in [0.29, 0.717) is 12.3 Å². The van der Waals surface area contributed by atoms with Gasteiger partial charge in [-0.3, -0.25) is 4.79 Å². The topological polar surface area (TPSA) is 67.3 Å². The summed E-state index contributed by atoms with van der Waals surface area (Å²) in [5.74, 6) is 1.41. The number of amides is 1. The molecule has 0 saturated carbocycles. The lowest BCUT2D eigenvalue weighted by Crippen LogP contribution is -2.23. The monoisotopic (exact) mass is 304 g/mol. The normalized spacial score (nSPS) is 21.8.